The zero-order valence-electron chi connectivity index (χ0n) is 17.6. The summed E-state index contributed by atoms with van der Waals surface area (Å²) in [6.07, 6.45) is -0.813. The van der Waals surface area contributed by atoms with E-state index in [0.29, 0.717) is 24.6 Å². The number of carbonyl (C=O) groups excluding carboxylic acids is 1. The molecule has 0 heterocycles. The molecule has 2 aliphatic rings. The molecule has 31 heavy (non-hydrogen) atoms. The number of ether oxygens (including phenoxy) is 2. The Hall–Kier alpha value is -1.72. The van der Waals surface area contributed by atoms with E-state index in [-0.39, 0.29) is 59.6 Å². The van der Waals surface area contributed by atoms with Gasteiger partial charge in [0, 0.05) is 25.0 Å². The van der Waals surface area contributed by atoms with E-state index in [0.717, 1.165) is 25.7 Å². The molecule has 0 aromatic heterocycles. The Labute approximate surface area is 197 Å². The summed E-state index contributed by atoms with van der Waals surface area (Å²) in [4.78, 5) is 16.1. The van der Waals surface area contributed by atoms with Crippen molar-refractivity contribution in [2.75, 3.05) is 13.7 Å². The summed E-state index contributed by atoms with van der Waals surface area (Å²) in [7, 11) is 1.66. The predicted octanol–water partition coefficient (Wildman–Crippen LogP) is 4.35. The zero-order valence-corrected chi connectivity index (χ0v) is 19.9. The third-order valence-corrected chi connectivity index (χ3v) is 5.57. The van der Waals surface area contributed by atoms with Crippen LogP contribution in [0, 0.1) is 5.92 Å². The number of aliphatic imine (C=N–C) groups is 1. The molecule has 1 aromatic carbocycles. The van der Waals surface area contributed by atoms with Gasteiger partial charge < -0.3 is 20.1 Å². The van der Waals surface area contributed by atoms with E-state index in [4.69, 9.17) is 4.74 Å². The third kappa shape index (κ3) is 7.43. The fourth-order valence-corrected chi connectivity index (χ4v) is 3.98. The lowest BCUT2D eigenvalue weighted by Gasteiger charge is -2.29. The first-order valence-electron chi connectivity index (χ1n) is 10.3. The van der Waals surface area contributed by atoms with Gasteiger partial charge >= 0.3 is 12.3 Å². The van der Waals surface area contributed by atoms with Crippen molar-refractivity contribution < 1.29 is 27.4 Å². The third-order valence-electron chi connectivity index (χ3n) is 5.57. The molecule has 6 nitrogen and oxygen atoms in total. The zero-order chi connectivity index (χ0) is 21.7. The Balaban J connectivity index is 0.00000341. The van der Waals surface area contributed by atoms with Crippen molar-refractivity contribution in [3.05, 3.63) is 29.8 Å². The first-order chi connectivity index (χ1) is 14.3. The van der Waals surface area contributed by atoms with Crippen LogP contribution in [0.15, 0.2) is 29.3 Å². The molecule has 0 bridgehead atoms. The summed E-state index contributed by atoms with van der Waals surface area (Å²) >= 11 is 0. The molecular formula is C21H29F3IN3O3. The molecule has 2 N–H and O–H groups in total. The van der Waals surface area contributed by atoms with Gasteiger partial charge in [0.2, 0.25) is 0 Å². The second-order valence-corrected chi connectivity index (χ2v) is 7.70. The number of alkyl halides is 3. The van der Waals surface area contributed by atoms with Gasteiger partial charge in [-0.25, -0.2) is 0 Å². The van der Waals surface area contributed by atoms with Crippen molar-refractivity contribution in [3.63, 3.8) is 0 Å². The van der Waals surface area contributed by atoms with Crippen molar-refractivity contribution in [1.82, 2.24) is 10.6 Å². The minimum atomic E-state index is -4.71. The number of hydrogen-bond donors (Lipinski definition) is 2. The van der Waals surface area contributed by atoms with E-state index in [1.165, 1.54) is 12.1 Å². The summed E-state index contributed by atoms with van der Waals surface area (Å²) in [5.74, 6) is 0.229. The molecule has 2 aliphatic carbocycles. The number of carbonyl (C=O) groups is 1. The molecule has 1 aromatic rings. The second kappa shape index (κ2) is 11.2. The number of esters is 1. The number of hydrogen-bond acceptors (Lipinski definition) is 4. The summed E-state index contributed by atoms with van der Waals surface area (Å²) in [5.41, 5.74) is 0.540. The topological polar surface area (TPSA) is 72.0 Å². The minimum absolute atomic E-state index is 0. The van der Waals surface area contributed by atoms with Crippen LogP contribution in [0.1, 0.15) is 50.5 Å². The maximum Gasteiger partial charge on any atom is 0.573 e. The molecule has 2 atom stereocenters. The lowest BCUT2D eigenvalue weighted by molar-refractivity contribution is -0.274. The van der Waals surface area contributed by atoms with E-state index in [1.54, 1.807) is 26.1 Å². The van der Waals surface area contributed by atoms with Crippen LogP contribution in [-0.2, 0) is 9.53 Å². The summed E-state index contributed by atoms with van der Waals surface area (Å²) in [6, 6.07) is 6.43. The van der Waals surface area contributed by atoms with Gasteiger partial charge in [0.1, 0.15) is 5.75 Å². The highest BCUT2D eigenvalue weighted by molar-refractivity contribution is 14.0. The highest BCUT2D eigenvalue weighted by Gasteiger charge is 2.42. The molecule has 0 saturated heterocycles. The molecule has 2 saturated carbocycles. The van der Waals surface area contributed by atoms with E-state index in [1.807, 2.05) is 0 Å². The molecule has 0 spiro atoms. The van der Waals surface area contributed by atoms with Crippen LogP contribution in [-0.4, -0.2) is 44.0 Å². The van der Waals surface area contributed by atoms with Gasteiger partial charge in [-0.1, -0.05) is 18.2 Å². The highest BCUT2D eigenvalue weighted by atomic mass is 127. The molecule has 0 amide bonds. The normalized spacial score (nSPS) is 25.8. The molecule has 2 unspecified atom stereocenters. The highest BCUT2D eigenvalue weighted by Crippen LogP contribution is 2.45. The molecule has 2 fully saturated rings. The Morgan fingerprint density at radius 2 is 1.84 bits per heavy atom. The molecule has 10 heteroatoms. The van der Waals surface area contributed by atoms with Gasteiger partial charge in [-0.05, 0) is 50.7 Å². The Kier molecular flexibility index (Phi) is 9.26. The Morgan fingerprint density at radius 1 is 1.16 bits per heavy atom. The number of halogens is 4. The van der Waals surface area contributed by atoms with Crippen LogP contribution in [0.25, 0.3) is 0 Å². The van der Waals surface area contributed by atoms with Crippen molar-refractivity contribution in [2.24, 2.45) is 10.9 Å². The lowest BCUT2D eigenvalue weighted by atomic mass is 9.86. The Morgan fingerprint density at radius 3 is 2.45 bits per heavy atom. The fourth-order valence-electron chi connectivity index (χ4n) is 3.98. The summed E-state index contributed by atoms with van der Waals surface area (Å²) in [6.45, 7) is 2.20. The number of nitrogens with zero attached hydrogens (tertiary/aromatic N) is 1. The molecule has 0 radical (unpaired) electrons. The SMILES string of the molecule is CCOC(=O)C1CCC(NC(=NC)NC2CC2c2ccccc2OC(F)(F)F)CC1.I. The molecular weight excluding hydrogens is 526 g/mol. The first-order valence-corrected chi connectivity index (χ1v) is 10.3. The number of guanidine groups is 1. The van der Waals surface area contributed by atoms with Crippen molar-refractivity contribution >= 4 is 35.9 Å². The van der Waals surface area contributed by atoms with E-state index in [2.05, 4.69) is 20.4 Å². The maximum atomic E-state index is 12.7. The van der Waals surface area contributed by atoms with Crippen LogP contribution in [0.3, 0.4) is 0 Å². The average Bonchev–Trinajstić information content (AvgIpc) is 3.46. The van der Waals surface area contributed by atoms with E-state index < -0.39 is 6.36 Å². The van der Waals surface area contributed by atoms with Gasteiger partial charge in [-0.3, -0.25) is 9.79 Å². The van der Waals surface area contributed by atoms with Crippen molar-refractivity contribution in [3.8, 4) is 5.75 Å². The Bertz CT molecular complexity index is 768. The van der Waals surface area contributed by atoms with Gasteiger partial charge in [0.25, 0.3) is 0 Å². The van der Waals surface area contributed by atoms with Gasteiger partial charge in [-0.2, -0.15) is 0 Å². The standard InChI is InChI=1S/C21H28F3N3O3.HI/c1-3-29-19(28)13-8-10-14(11-9-13)26-20(25-2)27-17-12-16(17)15-6-4-5-7-18(15)30-21(22,23)24;/h4-7,13-14,16-17H,3,8-12H2,1-2H3,(H2,25,26,27);1H. The van der Waals surface area contributed by atoms with Crippen LogP contribution >= 0.6 is 24.0 Å². The number of nitrogens with one attached hydrogen (secondary N) is 2. The number of para-hydroxylation sites is 1. The van der Waals surface area contributed by atoms with Gasteiger partial charge in [0.15, 0.2) is 5.96 Å². The molecule has 174 valence electrons. The van der Waals surface area contributed by atoms with Crippen LogP contribution in [0.2, 0.25) is 0 Å². The molecule has 3 rings (SSSR count). The quantitative estimate of drug-likeness (QED) is 0.237. The monoisotopic (exact) mass is 555 g/mol. The smallest absolute Gasteiger partial charge is 0.466 e. The van der Waals surface area contributed by atoms with Gasteiger partial charge in [-0.15, -0.1) is 37.1 Å². The average molecular weight is 555 g/mol. The van der Waals surface area contributed by atoms with Crippen molar-refractivity contribution in [2.45, 2.75) is 63.4 Å². The summed E-state index contributed by atoms with van der Waals surface area (Å²) < 4.78 is 47.2. The lowest BCUT2D eigenvalue weighted by Crippen LogP contribution is -2.46. The predicted molar refractivity (Wildman–Crippen MR) is 122 cm³/mol. The van der Waals surface area contributed by atoms with Crippen LogP contribution in [0.5, 0.6) is 5.75 Å². The number of benzene rings is 1. The van der Waals surface area contributed by atoms with E-state index >= 15 is 0 Å². The maximum absolute atomic E-state index is 12.7. The fraction of sp³-hybridized carbons (Fsp3) is 0.619. The van der Waals surface area contributed by atoms with E-state index in [9.17, 15) is 18.0 Å². The number of rotatable bonds is 6. The second-order valence-electron chi connectivity index (χ2n) is 7.70. The van der Waals surface area contributed by atoms with Crippen molar-refractivity contribution in [1.29, 1.82) is 0 Å². The minimum Gasteiger partial charge on any atom is -0.466 e. The molecule has 0 aliphatic heterocycles. The largest absolute Gasteiger partial charge is 0.573 e. The first kappa shape index (κ1) is 25.5. The van der Waals surface area contributed by atoms with Gasteiger partial charge in [0.05, 0.1) is 12.5 Å². The van der Waals surface area contributed by atoms with Crippen LogP contribution in [0.4, 0.5) is 13.2 Å². The van der Waals surface area contributed by atoms with Crippen LogP contribution < -0.4 is 15.4 Å². The summed E-state index contributed by atoms with van der Waals surface area (Å²) in [5, 5.41) is 6.66.